The number of nitrogens with zero attached hydrogens (tertiary/aromatic N) is 1. The quantitative estimate of drug-likeness (QED) is 0.811. The minimum absolute atomic E-state index is 0.311. The zero-order valence-corrected chi connectivity index (χ0v) is 10.2. The van der Waals surface area contributed by atoms with Gasteiger partial charge in [0.2, 0.25) is 0 Å². The van der Waals surface area contributed by atoms with Gasteiger partial charge in [-0.2, -0.15) is 5.26 Å². The fraction of sp³-hybridized carbons (Fsp3) is 0.417. The second-order valence-corrected chi connectivity index (χ2v) is 6.45. The van der Waals surface area contributed by atoms with E-state index in [9.17, 15) is 12.8 Å². The molecule has 0 aromatic heterocycles. The normalized spacial score (nSPS) is 18.2. The Hall–Kier alpha value is -1.41. The van der Waals surface area contributed by atoms with Gasteiger partial charge in [0, 0.05) is 6.26 Å². The van der Waals surface area contributed by atoms with Crippen molar-refractivity contribution < 1.29 is 12.8 Å². The molecule has 0 saturated heterocycles. The van der Waals surface area contributed by atoms with E-state index < -0.39 is 21.1 Å². The zero-order chi connectivity index (χ0) is 12.7. The van der Waals surface area contributed by atoms with Gasteiger partial charge in [-0.25, -0.2) is 12.8 Å². The largest absolute Gasteiger partial charge is 0.224 e. The van der Waals surface area contributed by atoms with Crippen LogP contribution < -0.4 is 0 Å². The lowest BCUT2D eigenvalue weighted by molar-refractivity contribution is 0.322. The van der Waals surface area contributed by atoms with Gasteiger partial charge in [0.05, 0.1) is 11.5 Å². The van der Waals surface area contributed by atoms with Crippen LogP contribution in [0, 0.1) is 17.1 Å². The van der Waals surface area contributed by atoms with E-state index in [0.29, 0.717) is 18.4 Å². The van der Waals surface area contributed by atoms with Gasteiger partial charge in [-0.1, -0.05) is 6.07 Å². The van der Waals surface area contributed by atoms with Gasteiger partial charge in [0.1, 0.15) is 10.7 Å². The van der Waals surface area contributed by atoms with E-state index in [-0.39, 0.29) is 4.90 Å². The fourth-order valence-electron chi connectivity index (χ4n) is 2.09. The van der Waals surface area contributed by atoms with Crippen LogP contribution in [0.3, 0.4) is 0 Å². The molecule has 17 heavy (non-hydrogen) atoms. The lowest BCUT2D eigenvalue weighted by atomic mass is 9.65. The highest BCUT2D eigenvalue weighted by Gasteiger charge is 2.39. The number of rotatable bonds is 2. The molecule has 1 aliphatic rings. The topological polar surface area (TPSA) is 57.9 Å². The van der Waals surface area contributed by atoms with Crippen molar-refractivity contribution in [2.75, 3.05) is 6.26 Å². The number of benzene rings is 1. The Labute approximate surface area is 99.8 Å². The third-order valence-electron chi connectivity index (χ3n) is 3.31. The predicted molar refractivity (Wildman–Crippen MR) is 60.7 cm³/mol. The smallest absolute Gasteiger partial charge is 0.178 e. The molecule has 0 bridgehead atoms. The molecule has 0 heterocycles. The van der Waals surface area contributed by atoms with E-state index in [2.05, 4.69) is 6.07 Å². The summed E-state index contributed by atoms with van der Waals surface area (Å²) in [5.74, 6) is -0.772. The molecule has 0 atom stereocenters. The van der Waals surface area contributed by atoms with E-state index in [1.54, 1.807) is 6.07 Å². The van der Waals surface area contributed by atoms with E-state index in [1.807, 2.05) is 0 Å². The van der Waals surface area contributed by atoms with Crippen LogP contribution in [0.25, 0.3) is 0 Å². The van der Waals surface area contributed by atoms with Crippen LogP contribution in [0.15, 0.2) is 23.1 Å². The molecule has 1 saturated carbocycles. The van der Waals surface area contributed by atoms with Gasteiger partial charge in [-0.05, 0) is 37.0 Å². The fourth-order valence-corrected chi connectivity index (χ4v) is 2.82. The van der Waals surface area contributed by atoms with E-state index in [1.165, 1.54) is 12.1 Å². The maximum atomic E-state index is 13.7. The first kappa shape index (κ1) is 12.1. The minimum Gasteiger partial charge on any atom is -0.224 e. The number of nitriles is 1. The molecule has 1 aliphatic carbocycles. The van der Waals surface area contributed by atoms with Crippen molar-refractivity contribution in [3.63, 3.8) is 0 Å². The Balaban J connectivity index is 2.49. The van der Waals surface area contributed by atoms with Gasteiger partial charge in [-0.3, -0.25) is 0 Å². The van der Waals surface area contributed by atoms with Crippen molar-refractivity contribution in [1.82, 2.24) is 0 Å². The van der Waals surface area contributed by atoms with Crippen LogP contribution in [0.5, 0.6) is 0 Å². The van der Waals surface area contributed by atoms with Gasteiger partial charge in [0.25, 0.3) is 0 Å². The highest BCUT2D eigenvalue weighted by molar-refractivity contribution is 7.90. The molecule has 2 rings (SSSR count). The van der Waals surface area contributed by atoms with Gasteiger partial charge >= 0.3 is 0 Å². The van der Waals surface area contributed by atoms with E-state index in [4.69, 9.17) is 5.26 Å². The summed E-state index contributed by atoms with van der Waals surface area (Å²) in [6.07, 6.45) is 3.33. The molecule has 1 fully saturated rings. The van der Waals surface area contributed by atoms with Crippen molar-refractivity contribution in [2.24, 2.45) is 0 Å². The Morgan fingerprint density at radius 2 is 2.06 bits per heavy atom. The van der Waals surface area contributed by atoms with Crippen LogP contribution in [0.4, 0.5) is 4.39 Å². The van der Waals surface area contributed by atoms with Crippen LogP contribution in [-0.4, -0.2) is 14.7 Å². The zero-order valence-electron chi connectivity index (χ0n) is 9.40. The highest BCUT2D eigenvalue weighted by Crippen LogP contribution is 2.43. The molecule has 0 unspecified atom stereocenters. The minimum atomic E-state index is -3.55. The highest BCUT2D eigenvalue weighted by atomic mass is 32.2. The van der Waals surface area contributed by atoms with Crippen LogP contribution >= 0.6 is 0 Å². The lowest BCUT2D eigenvalue weighted by Gasteiger charge is -2.35. The summed E-state index contributed by atoms with van der Waals surface area (Å²) in [6.45, 7) is 0. The van der Waals surface area contributed by atoms with E-state index >= 15 is 0 Å². The SMILES string of the molecule is CS(=O)(=O)c1ccc(C2(C#N)CCC2)cc1F. The third kappa shape index (κ3) is 1.93. The van der Waals surface area contributed by atoms with Gasteiger partial charge < -0.3 is 0 Å². The standard InChI is InChI=1S/C12H12FNO2S/c1-17(15,16)11-4-3-9(7-10(11)13)12(8-14)5-2-6-12/h3-4,7H,2,5-6H2,1H3. The monoisotopic (exact) mass is 253 g/mol. The Bertz CT molecular complexity index is 597. The summed E-state index contributed by atoms with van der Waals surface area (Å²) in [5.41, 5.74) is -0.0344. The number of halogens is 1. The first-order chi connectivity index (χ1) is 7.89. The average molecular weight is 253 g/mol. The molecule has 0 spiro atoms. The van der Waals surface area contributed by atoms with Crippen LogP contribution in [0.2, 0.25) is 0 Å². The van der Waals surface area contributed by atoms with Crippen LogP contribution in [-0.2, 0) is 15.3 Å². The Kier molecular flexibility index (Phi) is 2.70. The maximum absolute atomic E-state index is 13.7. The predicted octanol–water partition coefficient (Wildman–Crippen LogP) is 2.17. The molecule has 0 radical (unpaired) electrons. The van der Waals surface area contributed by atoms with Crippen molar-refractivity contribution in [2.45, 2.75) is 29.6 Å². The van der Waals surface area contributed by atoms with Crippen molar-refractivity contribution >= 4 is 9.84 Å². The molecule has 3 nitrogen and oxygen atoms in total. The molecular formula is C12H12FNO2S. The summed E-state index contributed by atoms with van der Waals surface area (Å²) in [4.78, 5) is -0.311. The summed E-state index contributed by atoms with van der Waals surface area (Å²) >= 11 is 0. The lowest BCUT2D eigenvalue weighted by Crippen LogP contribution is -2.32. The van der Waals surface area contributed by atoms with Crippen LogP contribution in [0.1, 0.15) is 24.8 Å². The molecular weight excluding hydrogens is 241 g/mol. The second kappa shape index (κ2) is 3.81. The Morgan fingerprint density at radius 3 is 2.41 bits per heavy atom. The summed E-state index contributed by atoms with van der Waals surface area (Å²) < 4.78 is 36.2. The summed E-state index contributed by atoms with van der Waals surface area (Å²) in [5, 5.41) is 9.12. The van der Waals surface area contributed by atoms with Crippen molar-refractivity contribution in [3.8, 4) is 6.07 Å². The van der Waals surface area contributed by atoms with Gasteiger partial charge in [-0.15, -0.1) is 0 Å². The molecule has 0 N–H and O–H groups in total. The summed E-state index contributed by atoms with van der Waals surface area (Å²) in [6, 6.07) is 6.17. The molecule has 90 valence electrons. The first-order valence-corrected chi connectivity index (χ1v) is 7.19. The molecule has 5 heteroatoms. The van der Waals surface area contributed by atoms with Crippen molar-refractivity contribution in [3.05, 3.63) is 29.6 Å². The summed E-state index contributed by atoms with van der Waals surface area (Å²) in [7, 11) is -3.55. The van der Waals surface area contributed by atoms with Crippen molar-refractivity contribution in [1.29, 1.82) is 5.26 Å². The Morgan fingerprint density at radius 1 is 1.41 bits per heavy atom. The number of sulfone groups is 1. The second-order valence-electron chi connectivity index (χ2n) is 4.46. The molecule has 0 aliphatic heterocycles. The van der Waals surface area contributed by atoms with E-state index in [0.717, 1.165) is 12.7 Å². The first-order valence-electron chi connectivity index (χ1n) is 5.30. The average Bonchev–Trinajstić information content (AvgIpc) is 2.14. The maximum Gasteiger partial charge on any atom is 0.178 e. The third-order valence-corrected chi connectivity index (χ3v) is 4.44. The molecule has 0 amide bonds. The number of hydrogen-bond acceptors (Lipinski definition) is 3. The number of hydrogen-bond donors (Lipinski definition) is 0. The molecule has 1 aromatic carbocycles. The van der Waals surface area contributed by atoms with Gasteiger partial charge in [0.15, 0.2) is 9.84 Å². The molecule has 1 aromatic rings.